The fourth-order valence-corrected chi connectivity index (χ4v) is 3.20. The number of nitriles is 1. The number of rotatable bonds is 5. The summed E-state index contributed by atoms with van der Waals surface area (Å²) in [7, 11) is 4.25. The van der Waals surface area contributed by atoms with Gasteiger partial charge in [0.15, 0.2) is 5.69 Å². The van der Waals surface area contributed by atoms with Gasteiger partial charge in [-0.15, -0.1) is 0 Å². The molecule has 4 heterocycles. The maximum atomic E-state index is 8.77. The summed E-state index contributed by atoms with van der Waals surface area (Å²) >= 11 is 0. The van der Waals surface area contributed by atoms with E-state index in [0.717, 1.165) is 31.0 Å². The Labute approximate surface area is 163 Å². The van der Waals surface area contributed by atoms with Crippen LogP contribution < -0.4 is 10.2 Å². The molecule has 9 heteroatoms. The van der Waals surface area contributed by atoms with Crippen LogP contribution in [0.5, 0.6) is 0 Å². The molecule has 1 aliphatic rings. The molecule has 9 nitrogen and oxygen atoms in total. The second-order valence-electron chi connectivity index (χ2n) is 6.92. The number of hydrogen-bond acceptors (Lipinski definition) is 8. The molecule has 1 saturated heterocycles. The first kappa shape index (κ1) is 17.9. The monoisotopic (exact) mass is 375 g/mol. The highest BCUT2D eigenvalue weighted by Crippen LogP contribution is 2.21. The van der Waals surface area contributed by atoms with Gasteiger partial charge in [-0.1, -0.05) is 0 Å². The van der Waals surface area contributed by atoms with Crippen LogP contribution in [0.25, 0.3) is 5.69 Å². The van der Waals surface area contributed by atoms with Crippen molar-refractivity contribution in [1.29, 1.82) is 5.26 Å². The van der Waals surface area contributed by atoms with Gasteiger partial charge in [-0.25, -0.2) is 19.9 Å². The van der Waals surface area contributed by atoms with E-state index < -0.39 is 0 Å². The predicted octanol–water partition coefficient (Wildman–Crippen LogP) is 1.81. The Hall–Kier alpha value is -3.51. The largest absolute Gasteiger partial charge is 0.355 e. The van der Waals surface area contributed by atoms with Gasteiger partial charge in [0, 0.05) is 19.1 Å². The van der Waals surface area contributed by atoms with Gasteiger partial charge in [0.2, 0.25) is 0 Å². The third-order valence-electron chi connectivity index (χ3n) is 4.85. The summed E-state index contributed by atoms with van der Waals surface area (Å²) in [6.45, 7) is 2.03. The molecule has 0 saturated carbocycles. The molecule has 3 aromatic rings. The minimum Gasteiger partial charge on any atom is -0.355 e. The Kier molecular flexibility index (Phi) is 4.87. The summed E-state index contributed by atoms with van der Waals surface area (Å²) in [6, 6.07) is 6.61. The number of nitrogens with one attached hydrogen (secondary N) is 1. The Morgan fingerprint density at radius 1 is 1.11 bits per heavy atom. The quantitative estimate of drug-likeness (QED) is 0.721. The smallest absolute Gasteiger partial charge is 0.158 e. The molecule has 0 bridgehead atoms. The number of anilines is 3. The van der Waals surface area contributed by atoms with Gasteiger partial charge in [0.1, 0.15) is 29.9 Å². The molecule has 28 heavy (non-hydrogen) atoms. The standard InChI is InChI=1S/C19H21N9/c1-26(2)16-5-6-27(11-16)19-4-3-15(9-23-19)28-12-18(24-13-28)25-17-10-21-14(7-20)8-22-17/h3-4,8-10,12-13,16H,5-6,11H2,1-2H3,(H,22,25). The Morgan fingerprint density at radius 2 is 2.00 bits per heavy atom. The van der Waals surface area contributed by atoms with Crippen LogP contribution >= 0.6 is 0 Å². The minimum absolute atomic E-state index is 0.275. The highest BCUT2D eigenvalue weighted by molar-refractivity contribution is 5.51. The second kappa shape index (κ2) is 7.62. The van der Waals surface area contributed by atoms with E-state index in [9.17, 15) is 0 Å². The average Bonchev–Trinajstić information content (AvgIpc) is 3.39. The third kappa shape index (κ3) is 3.77. The average molecular weight is 375 g/mol. The summed E-state index contributed by atoms with van der Waals surface area (Å²) in [5.41, 5.74) is 1.20. The van der Waals surface area contributed by atoms with Crippen molar-refractivity contribution in [1.82, 2.24) is 29.4 Å². The van der Waals surface area contributed by atoms with Crippen molar-refractivity contribution in [2.24, 2.45) is 0 Å². The number of aromatic nitrogens is 5. The molecule has 4 rings (SSSR count). The molecule has 1 aliphatic heterocycles. The van der Waals surface area contributed by atoms with Crippen molar-refractivity contribution >= 4 is 17.5 Å². The first-order valence-electron chi connectivity index (χ1n) is 9.03. The number of hydrogen-bond donors (Lipinski definition) is 1. The number of likely N-dealkylation sites (N-methyl/N-ethyl adjacent to an activating group) is 1. The molecule has 0 aromatic carbocycles. The summed E-state index contributed by atoms with van der Waals surface area (Å²) in [6.07, 6.45) is 9.51. The van der Waals surface area contributed by atoms with Crippen molar-refractivity contribution in [3.63, 3.8) is 0 Å². The summed E-state index contributed by atoms with van der Waals surface area (Å²) in [4.78, 5) is 21.7. The van der Waals surface area contributed by atoms with Gasteiger partial charge < -0.3 is 19.7 Å². The Morgan fingerprint density at radius 3 is 2.64 bits per heavy atom. The van der Waals surface area contributed by atoms with Gasteiger partial charge in [0.25, 0.3) is 0 Å². The molecular weight excluding hydrogens is 354 g/mol. The Bertz CT molecular complexity index is 970. The second-order valence-corrected chi connectivity index (χ2v) is 6.92. The zero-order valence-corrected chi connectivity index (χ0v) is 15.8. The Balaban J connectivity index is 1.43. The van der Waals surface area contributed by atoms with Gasteiger partial charge in [-0.3, -0.25) is 0 Å². The molecule has 1 atom stereocenters. The van der Waals surface area contributed by atoms with Gasteiger partial charge >= 0.3 is 0 Å². The molecule has 1 unspecified atom stereocenters. The normalized spacial score (nSPS) is 16.4. The number of pyridine rings is 1. The van der Waals surface area contributed by atoms with Gasteiger partial charge in [-0.05, 0) is 32.6 Å². The molecule has 1 fully saturated rings. The molecule has 0 spiro atoms. The molecule has 142 valence electrons. The van der Waals surface area contributed by atoms with E-state index in [4.69, 9.17) is 5.26 Å². The molecule has 1 N–H and O–H groups in total. The van der Waals surface area contributed by atoms with Crippen molar-refractivity contribution in [3.05, 3.63) is 48.9 Å². The van der Waals surface area contributed by atoms with E-state index in [-0.39, 0.29) is 5.69 Å². The van der Waals surface area contributed by atoms with E-state index in [1.165, 1.54) is 12.4 Å². The highest BCUT2D eigenvalue weighted by Gasteiger charge is 2.24. The van der Waals surface area contributed by atoms with Crippen LogP contribution in [0.1, 0.15) is 12.1 Å². The maximum absolute atomic E-state index is 8.77. The molecule has 0 aliphatic carbocycles. The van der Waals surface area contributed by atoms with Crippen molar-refractivity contribution < 1.29 is 0 Å². The van der Waals surface area contributed by atoms with Gasteiger partial charge in [0.05, 0.1) is 30.5 Å². The SMILES string of the molecule is CN(C)C1CCN(c2ccc(-n3cnc(Nc4cnc(C#N)cn4)c3)cn2)C1. The predicted molar refractivity (Wildman–Crippen MR) is 106 cm³/mol. The zero-order chi connectivity index (χ0) is 19.5. The van der Waals surface area contributed by atoms with E-state index in [2.05, 4.69) is 49.1 Å². The van der Waals surface area contributed by atoms with E-state index in [1.54, 1.807) is 6.33 Å². The summed E-state index contributed by atoms with van der Waals surface area (Å²) < 4.78 is 1.89. The lowest BCUT2D eigenvalue weighted by molar-refractivity contribution is 0.315. The van der Waals surface area contributed by atoms with E-state index >= 15 is 0 Å². The fraction of sp³-hybridized carbons (Fsp3) is 0.316. The van der Waals surface area contributed by atoms with Crippen LogP contribution in [0.4, 0.5) is 17.5 Å². The van der Waals surface area contributed by atoms with Crippen molar-refractivity contribution in [3.8, 4) is 11.8 Å². The van der Waals surface area contributed by atoms with Crippen molar-refractivity contribution in [2.75, 3.05) is 37.4 Å². The first-order valence-corrected chi connectivity index (χ1v) is 9.03. The van der Waals surface area contributed by atoms with Crippen LogP contribution in [-0.2, 0) is 0 Å². The lowest BCUT2D eigenvalue weighted by Crippen LogP contribution is -2.31. The van der Waals surface area contributed by atoms with Crippen LogP contribution in [-0.4, -0.2) is 62.6 Å². The highest BCUT2D eigenvalue weighted by atomic mass is 15.3. The third-order valence-corrected chi connectivity index (χ3v) is 4.85. The molecule has 0 amide bonds. The minimum atomic E-state index is 0.275. The van der Waals surface area contributed by atoms with Gasteiger partial charge in [-0.2, -0.15) is 5.26 Å². The zero-order valence-electron chi connectivity index (χ0n) is 15.8. The van der Waals surface area contributed by atoms with Crippen LogP contribution in [0.3, 0.4) is 0 Å². The van der Waals surface area contributed by atoms with E-state index in [0.29, 0.717) is 17.7 Å². The maximum Gasteiger partial charge on any atom is 0.158 e. The molecule has 3 aromatic heterocycles. The van der Waals surface area contributed by atoms with E-state index in [1.807, 2.05) is 35.2 Å². The van der Waals surface area contributed by atoms with Crippen LogP contribution in [0.15, 0.2) is 43.2 Å². The van der Waals surface area contributed by atoms with Crippen molar-refractivity contribution in [2.45, 2.75) is 12.5 Å². The van der Waals surface area contributed by atoms with Crippen LogP contribution in [0, 0.1) is 11.3 Å². The molecule has 0 radical (unpaired) electrons. The topological polar surface area (TPSA) is 98.8 Å². The lowest BCUT2D eigenvalue weighted by atomic mass is 10.2. The molecular formula is C19H21N9. The van der Waals surface area contributed by atoms with Crippen LogP contribution in [0.2, 0.25) is 0 Å². The lowest BCUT2D eigenvalue weighted by Gasteiger charge is -2.21. The first-order chi connectivity index (χ1) is 13.6. The summed E-state index contributed by atoms with van der Waals surface area (Å²) in [5, 5.41) is 11.8. The fourth-order valence-electron chi connectivity index (χ4n) is 3.20. The summed E-state index contributed by atoms with van der Waals surface area (Å²) in [5.74, 6) is 2.16. The number of imidazole rings is 1. The number of nitrogens with zero attached hydrogens (tertiary/aromatic N) is 8.